The number of unbranched alkanes of at least 4 members (excludes halogenated alkanes) is 12. The van der Waals surface area contributed by atoms with Crippen LogP contribution in [0.1, 0.15) is 128 Å². The van der Waals surface area contributed by atoms with E-state index in [1.807, 2.05) is 0 Å². The zero-order valence-electron chi connectivity index (χ0n) is 29.1. The molecular formula is C34H50Na2O10S2. The van der Waals surface area contributed by atoms with E-state index in [0.717, 1.165) is 77.0 Å². The first-order valence-corrected chi connectivity index (χ1v) is 19.1. The summed E-state index contributed by atoms with van der Waals surface area (Å²) in [6.07, 6.45) is 12.7. The average molecular weight is 729 g/mol. The van der Waals surface area contributed by atoms with Gasteiger partial charge in [0.25, 0.3) is 20.2 Å². The molecule has 0 amide bonds. The van der Waals surface area contributed by atoms with Gasteiger partial charge < -0.3 is 19.8 Å². The van der Waals surface area contributed by atoms with E-state index in [-0.39, 0.29) is 83.1 Å². The largest absolute Gasteiger partial charge is 1.00 e. The van der Waals surface area contributed by atoms with Crippen LogP contribution < -0.4 is 69.3 Å². The summed E-state index contributed by atoms with van der Waals surface area (Å²) < 4.78 is 61.7. The number of hydrogen-bond acceptors (Lipinski definition) is 8. The van der Waals surface area contributed by atoms with Crippen molar-refractivity contribution >= 4 is 32.2 Å². The maximum Gasteiger partial charge on any atom is 1.00 e. The Morgan fingerprint density at radius 1 is 0.521 bits per heavy atom. The predicted molar refractivity (Wildman–Crippen MR) is 175 cm³/mol. The molecule has 0 bridgehead atoms. The summed E-state index contributed by atoms with van der Waals surface area (Å²) in [6, 6.07) is 15.1. The quantitative estimate of drug-likeness (QED) is 0.0894. The molecule has 0 fully saturated rings. The third-order valence-corrected chi connectivity index (χ3v) is 11.3. The van der Waals surface area contributed by atoms with Crippen LogP contribution in [0.3, 0.4) is 0 Å². The minimum atomic E-state index is -4.84. The van der Waals surface area contributed by atoms with E-state index < -0.39 is 41.7 Å². The van der Waals surface area contributed by atoms with Crippen molar-refractivity contribution < 1.29 is 105 Å². The van der Waals surface area contributed by atoms with Crippen molar-refractivity contribution in [1.29, 1.82) is 0 Å². The molecule has 2 unspecified atom stereocenters. The first-order chi connectivity index (χ1) is 21.7. The number of benzene rings is 2. The Morgan fingerprint density at radius 2 is 0.771 bits per heavy atom. The van der Waals surface area contributed by atoms with Gasteiger partial charge in [0.05, 0.1) is 11.9 Å². The zero-order valence-corrected chi connectivity index (χ0v) is 34.7. The van der Waals surface area contributed by atoms with Gasteiger partial charge in [-0.25, -0.2) is 0 Å². The summed E-state index contributed by atoms with van der Waals surface area (Å²) in [5.74, 6) is -3.56. The van der Waals surface area contributed by atoms with E-state index >= 15 is 0 Å². The number of carboxylic acid groups (broad SMARTS) is 2. The standard InChI is InChI=1S/2C17H26O5S.2Na/c2*1-2-3-4-5-6-7-11-14-17(16(18)19,23(20,21)22)15-12-9-8-10-13-15;;/h2*8-10,12-13H,2-7,11,14H2,1H3,(H,18,19)(H,20,21,22);;/q;;2*+1/p-2. The van der Waals surface area contributed by atoms with Crippen molar-refractivity contribution in [3.8, 4) is 0 Å². The normalized spacial score (nSPS) is 13.8. The molecule has 2 rings (SSSR count). The van der Waals surface area contributed by atoms with Crippen molar-refractivity contribution in [3.05, 3.63) is 71.8 Å². The molecule has 14 heteroatoms. The van der Waals surface area contributed by atoms with Crippen molar-refractivity contribution in [2.45, 2.75) is 126 Å². The smallest absolute Gasteiger partial charge is 0.548 e. The zero-order chi connectivity index (χ0) is 34.7. The molecule has 0 heterocycles. The molecule has 0 aromatic heterocycles. The predicted octanol–water partition coefficient (Wildman–Crippen LogP) is -0.671. The van der Waals surface area contributed by atoms with E-state index in [1.165, 1.54) is 24.3 Å². The number of rotatable bonds is 22. The van der Waals surface area contributed by atoms with E-state index in [2.05, 4.69) is 13.8 Å². The van der Waals surface area contributed by atoms with Gasteiger partial charge in [0.15, 0.2) is 9.49 Å². The van der Waals surface area contributed by atoms with Crippen molar-refractivity contribution in [2.75, 3.05) is 0 Å². The van der Waals surface area contributed by atoms with Crippen LogP contribution in [0.4, 0.5) is 0 Å². The minimum Gasteiger partial charge on any atom is -0.548 e. The van der Waals surface area contributed by atoms with Gasteiger partial charge in [0, 0.05) is 0 Å². The van der Waals surface area contributed by atoms with Crippen LogP contribution >= 0.6 is 0 Å². The molecule has 2 atom stereocenters. The second-order valence-electron chi connectivity index (χ2n) is 11.7. The molecule has 48 heavy (non-hydrogen) atoms. The average Bonchev–Trinajstić information content (AvgIpc) is 2.99. The van der Waals surface area contributed by atoms with E-state index in [1.54, 1.807) is 36.4 Å². The van der Waals surface area contributed by atoms with Crippen LogP contribution in [0.25, 0.3) is 0 Å². The van der Waals surface area contributed by atoms with Crippen LogP contribution in [0, 0.1) is 0 Å². The molecule has 0 saturated heterocycles. The Labute approximate surface area is 332 Å². The summed E-state index contributed by atoms with van der Waals surface area (Å²) in [5.41, 5.74) is 0.0713. The van der Waals surface area contributed by atoms with Crippen molar-refractivity contribution in [3.63, 3.8) is 0 Å². The fourth-order valence-corrected chi connectivity index (χ4v) is 7.67. The second kappa shape index (κ2) is 25.2. The number of carboxylic acids is 2. The van der Waals surface area contributed by atoms with Gasteiger partial charge in [-0.05, 0) is 24.0 Å². The Bertz CT molecular complexity index is 1280. The first-order valence-electron chi connectivity index (χ1n) is 16.2. The van der Waals surface area contributed by atoms with E-state index in [9.17, 15) is 45.7 Å². The van der Waals surface area contributed by atoms with Crippen LogP contribution in [-0.2, 0) is 39.3 Å². The molecule has 2 aromatic carbocycles. The number of hydrogen-bond donors (Lipinski definition) is 2. The van der Waals surface area contributed by atoms with Crippen LogP contribution in [0.5, 0.6) is 0 Å². The van der Waals surface area contributed by atoms with Crippen LogP contribution in [0.15, 0.2) is 60.7 Å². The summed E-state index contributed by atoms with van der Waals surface area (Å²) in [4.78, 5) is 23.2. The minimum absolute atomic E-state index is 0. The molecule has 0 spiro atoms. The fraction of sp³-hybridized carbons (Fsp3) is 0.588. The topological polar surface area (TPSA) is 189 Å². The van der Waals surface area contributed by atoms with Gasteiger partial charge in [0.1, 0.15) is 0 Å². The molecule has 0 aliphatic heterocycles. The molecule has 2 aromatic rings. The Morgan fingerprint density at radius 3 is 1.00 bits per heavy atom. The molecule has 2 N–H and O–H groups in total. The molecule has 0 aliphatic carbocycles. The molecule has 260 valence electrons. The van der Waals surface area contributed by atoms with Gasteiger partial charge >= 0.3 is 59.1 Å². The SMILES string of the molecule is CCCCCCCCCC(C(=O)[O-])(c1ccccc1)S(=O)(=O)O.CCCCCCCCCC(C(=O)[O-])(c1ccccc1)S(=O)(=O)O.[Na+].[Na+]. The fourth-order valence-electron chi connectivity index (χ4n) is 5.57. The van der Waals surface area contributed by atoms with Crippen LogP contribution in [-0.4, -0.2) is 37.9 Å². The Balaban J connectivity index is 0. The summed E-state index contributed by atoms with van der Waals surface area (Å²) >= 11 is 0. The van der Waals surface area contributed by atoms with Gasteiger partial charge in [-0.1, -0.05) is 164 Å². The second-order valence-corrected chi connectivity index (χ2v) is 14.9. The summed E-state index contributed by atoms with van der Waals surface area (Å²) in [5, 5.41) is 23.2. The van der Waals surface area contributed by atoms with Crippen LogP contribution in [0.2, 0.25) is 0 Å². The van der Waals surface area contributed by atoms with Gasteiger partial charge in [-0.15, -0.1) is 0 Å². The summed E-state index contributed by atoms with van der Waals surface area (Å²) in [6.45, 7) is 4.25. The molecule has 10 nitrogen and oxygen atoms in total. The maximum absolute atomic E-state index is 11.8. The monoisotopic (exact) mass is 728 g/mol. The van der Waals surface area contributed by atoms with E-state index in [0.29, 0.717) is 12.8 Å². The Hall–Kier alpha value is -0.800. The van der Waals surface area contributed by atoms with Crippen molar-refractivity contribution in [1.82, 2.24) is 0 Å². The molecule has 0 aliphatic rings. The number of aliphatic carboxylic acids is 2. The Kier molecular flexibility index (Phi) is 25.9. The number of carbonyl (C=O) groups is 2. The molecule has 0 saturated carbocycles. The third kappa shape index (κ3) is 14.8. The van der Waals surface area contributed by atoms with Gasteiger partial charge in [-0.3, -0.25) is 9.11 Å². The number of carbonyl (C=O) groups excluding carboxylic acids is 2. The maximum atomic E-state index is 11.8. The van der Waals surface area contributed by atoms with E-state index in [4.69, 9.17) is 0 Å². The molecule has 0 radical (unpaired) electrons. The third-order valence-electron chi connectivity index (χ3n) is 8.29. The molecular weight excluding hydrogens is 678 g/mol. The van der Waals surface area contributed by atoms with Gasteiger partial charge in [-0.2, -0.15) is 16.8 Å². The first kappa shape index (κ1) is 49.3. The summed E-state index contributed by atoms with van der Waals surface area (Å²) in [7, 11) is -9.68. The van der Waals surface area contributed by atoms with Crippen molar-refractivity contribution in [2.24, 2.45) is 0 Å². The van der Waals surface area contributed by atoms with Gasteiger partial charge in [0.2, 0.25) is 0 Å².